The Morgan fingerprint density at radius 3 is 1.16 bits per heavy atom. The Hall–Kier alpha value is -1.25. The lowest BCUT2D eigenvalue weighted by atomic mass is 10.1. The second-order valence-corrected chi connectivity index (χ2v) is 6.81. The zero-order chi connectivity index (χ0) is 18.6. The van der Waals surface area contributed by atoms with Crippen molar-refractivity contribution in [3.05, 3.63) is 47.9 Å². The summed E-state index contributed by atoms with van der Waals surface area (Å²) in [5.41, 5.74) is 0. The van der Waals surface area contributed by atoms with Crippen molar-refractivity contribution in [2.24, 2.45) is 23.7 Å². The van der Waals surface area contributed by atoms with Crippen LogP contribution in [0.25, 0.3) is 0 Å². The van der Waals surface area contributed by atoms with Gasteiger partial charge in [0.1, 0.15) is 17.5 Å². The van der Waals surface area contributed by atoms with Gasteiger partial charge in [-0.25, -0.2) is 13.2 Å². The molecule has 0 amide bonds. The van der Waals surface area contributed by atoms with Crippen molar-refractivity contribution in [3.63, 3.8) is 0 Å². The van der Waals surface area contributed by atoms with Crippen LogP contribution in [-0.2, 0) is 0 Å². The highest BCUT2D eigenvalue weighted by atomic mass is 19.1. The Balaban J connectivity index is -0.0000000283. The SMILES string of the molecule is C.C.C.C.C.C.C.C.CC(C)C=C(F)C=C(F)C(C)C.CC(C)C=CC=C(F)C(C)C. The maximum Gasteiger partial charge on any atom is 0.122 e. The van der Waals surface area contributed by atoms with Crippen LogP contribution >= 0.6 is 0 Å². The maximum atomic E-state index is 12.8. The summed E-state index contributed by atoms with van der Waals surface area (Å²) in [6, 6.07) is 0. The van der Waals surface area contributed by atoms with E-state index in [-0.39, 0.29) is 83.0 Å². The van der Waals surface area contributed by atoms with Crippen LogP contribution in [-0.4, -0.2) is 0 Å². The zero-order valence-corrected chi connectivity index (χ0v) is 15.8. The Labute approximate surface area is 199 Å². The van der Waals surface area contributed by atoms with E-state index >= 15 is 0 Å². The fourth-order valence-electron chi connectivity index (χ4n) is 1.23. The summed E-state index contributed by atoms with van der Waals surface area (Å²) >= 11 is 0. The van der Waals surface area contributed by atoms with Crippen molar-refractivity contribution in [3.8, 4) is 0 Å². The van der Waals surface area contributed by atoms with Gasteiger partial charge in [-0.1, -0.05) is 127 Å². The van der Waals surface area contributed by atoms with E-state index in [9.17, 15) is 13.2 Å². The van der Waals surface area contributed by atoms with Gasteiger partial charge in [-0.3, -0.25) is 0 Å². The first-order valence-electron chi connectivity index (χ1n) is 8.25. The van der Waals surface area contributed by atoms with Gasteiger partial charge >= 0.3 is 0 Å². The van der Waals surface area contributed by atoms with E-state index in [2.05, 4.69) is 13.8 Å². The van der Waals surface area contributed by atoms with Crippen LogP contribution in [0.15, 0.2) is 47.9 Å². The van der Waals surface area contributed by atoms with E-state index in [1.54, 1.807) is 19.9 Å². The predicted molar refractivity (Wildman–Crippen MR) is 150 cm³/mol. The number of allylic oxidation sites excluding steroid dienone is 8. The monoisotopic (exact) mass is 459 g/mol. The first-order chi connectivity index (χ1) is 10.5. The fourth-order valence-corrected chi connectivity index (χ4v) is 1.23. The zero-order valence-electron chi connectivity index (χ0n) is 15.8. The molecule has 198 valence electrons. The van der Waals surface area contributed by atoms with Crippen LogP contribution < -0.4 is 0 Å². The van der Waals surface area contributed by atoms with Gasteiger partial charge in [0.25, 0.3) is 0 Å². The highest BCUT2D eigenvalue weighted by molar-refractivity contribution is 5.15. The normalized spacial score (nSPS) is 10.6. The first kappa shape index (κ1) is 63.0. The predicted octanol–water partition coefficient (Wildman–Crippen LogP) is 12.8. The summed E-state index contributed by atoms with van der Waals surface area (Å²) in [6.45, 7) is 14.9. The van der Waals surface area contributed by atoms with E-state index in [4.69, 9.17) is 0 Å². The summed E-state index contributed by atoms with van der Waals surface area (Å²) in [7, 11) is 0. The molecule has 0 atom stereocenters. The van der Waals surface area contributed by atoms with Gasteiger partial charge in [-0.05, 0) is 24.0 Å². The van der Waals surface area contributed by atoms with E-state index in [1.165, 1.54) is 12.2 Å². The van der Waals surface area contributed by atoms with Crippen molar-refractivity contribution in [2.45, 2.75) is 115 Å². The topological polar surface area (TPSA) is 0 Å². The molecule has 0 nitrogen and oxygen atoms in total. The third kappa shape index (κ3) is 47.8. The summed E-state index contributed by atoms with van der Waals surface area (Å²) < 4.78 is 38.4. The molecule has 0 fully saturated rings. The first-order valence-corrected chi connectivity index (χ1v) is 8.25. The molecule has 0 spiro atoms. The van der Waals surface area contributed by atoms with Gasteiger partial charge in [-0.15, -0.1) is 0 Å². The van der Waals surface area contributed by atoms with Crippen LogP contribution in [0.5, 0.6) is 0 Å². The van der Waals surface area contributed by atoms with Crippen molar-refractivity contribution < 1.29 is 13.2 Å². The quantitative estimate of drug-likeness (QED) is 0.347. The molecular formula is C28H65F3. The van der Waals surface area contributed by atoms with E-state index in [0.29, 0.717) is 5.92 Å². The molecule has 0 saturated heterocycles. The molecule has 31 heavy (non-hydrogen) atoms. The minimum Gasteiger partial charge on any atom is -0.212 e. The highest BCUT2D eigenvalue weighted by Crippen LogP contribution is 2.15. The third-order valence-electron chi connectivity index (χ3n) is 2.62. The number of halogens is 3. The molecule has 0 aromatic rings. The van der Waals surface area contributed by atoms with Crippen LogP contribution in [0.4, 0.5) is 13.2 Å². The van der Waals surface area contributed by atoms with Crippen molar-refractivity contribution >= 4 is 0 Å². The average Bonchev–Trinajstić information content (AvgIpc) is 2.37. The molecule has 0 heterocycles. The third-order valence-corrected chi connectivity index (χ3v) is 2.62. The molecule has 0 aliphatic carbocycles. The molecule has 0 bridgehead atoms. The van der Waals surface area contributed by atoms with Crippen molar-refractivity contribution in [1.82, 2.24) is 0 Å². The lowest BCUT2D eigenvalue weighted by Crippen LogP contribution is -1.87. The number of rotatable bonds is 6. The van der Waals surface area contributed by atoms with Crippen molar-refractivity contribution in [2.75, 3.05) is 0 Å². The fraction of sp³-hybridized carbons (Fsp3) is 0.714. The molecule has 0 aliphatic heterocycles. The lowest BCUT2D eigenvalue weighted by Gasteiger charge is -1.99. The Bertz CT molecular complexity index is 424. The van der Waals surface area contributed by atoms with Gasteiger partial charge in [0.2, 0.25) is 0 Å². The van der Waals surface area contributed by atoms with E-state index in [1.807, 2.05) is 33.8 Å². The minimum atomic E-state index is -0.490. The number of hydrogen-bond donors (Lipinski definition) is 0. The molecule has 0 N–H and O–H groups in total. The van der Waals surface area contributed by atoms with Crippen LogP contribution in [0.2, 0.25) is 0 Å². The molecule has 0 saturated carbocycles. The molecule has 0 aromatic heterocycles. The molecular weight excluding hydrogens is 393 g/mol. The van der Waals surface area contributed by atoms with Crippen LogP contribution in [0.3, 0.4) is 0 Å². The van der Waals surface area contributed by atoms with Gasteiger partial charge in [0.15, 0.2) is 0 Å². The minimum absolute atomic E-state index is 0. The molecule has 3 heteroatoms. The van der Waals surface area contributed by atoms with Gasteiger partial charge in [-0.2, -0.15) is 0 Å². The summed E-state index contributed by atoms with van der Waals surface area (Å²) in [6.07, 6.45) is 7.62. The largest absolute Gasteiger partial charge is 0.212 e. The summed E-state index contributed by atoms with van der Waals surface area (Å²) in [5, 5.41) is 0. The van der Waals surface area contributed by atoms with Gasteiger partial charge in [0.05, 0.1) is 0 Å². The van der Waals surface area contributed by atoms with Crippen molar-refractivity contribution in [1.29, 1.82) is 0 Å². The summed E-state index contributed by atoms with van der Waals surface area (Å²) in [5.74, 6) is -0.585. The maximum absolute atomic E-state index is 12.8. The second kappa shape index (κ2) is 36.1. The number of hydrogen-bond acceptors (Lipinski definition) is 0. The lowest BCUT2D eigenvalue weighted by molar-refractivity contribution is 0.511. The molecule has 0 radical (unpaired) electrons. The Morgan fingerprint density at radius 2 is 0.903 bits per heavy atom. The average molecular weight is 459 g/mol. The van der Waals surface area contributed by atoms with Gasteiger partial charge < -0.3 is 0 Å². The molecule has 0 rings (SSSR count). The highest BCUT2D eigenvalue weighted by Gasteiger charge is 2.02. The van der Waals surface area contributed by atoms with E-state index < -0.39 is 11.7 Å². The Kier molecular flexibility index (Phi) is 73.5. The second-order valence-electron chi connectivity index (χ2n) is 6.81. The van der Waals surface area contributed by atoms with Crippen LogP contribution in [0.1, 0.15) is 115 Å². The standard InChI is InChI=1S/C10H16F2.C10H17F.8CH4/c1-7(2)5-9(11)6-10(12)8(3)4;1-8(2)6-5-7-10(11)9(3)4;;;;;;;;/h5-8H,1-4H3;5-9H,1-4H3;8*1H4. The smallest absolute Gasteiger partial charge is 0.122 e. The summed E-state index contributed by atoms with van der Waals surface area (Å²) in [4.78, 5) is 0. The molecule has 0 aliphatic rings. The molecule has 0 aromatic carbocycles. The van der Waals surface area contributed by atoms with E-state index in [0.717, 1.165) is 6.08 Å². The van der Waals surface area contributed by atoms with Crippen LogP contribution in [0, 0.1) is 23.7 Å². The Morgan fingerprint density at radius 1 is 0.548 bits per heavy atom. The van der Waals surface area contributed by atoms with Gasteiger partial charge in [0, 0.05) is 17.9 Å². The molecule has 0 unspecified atom stereocenters.